The number of carbonyl (C=O) groups is 1. The van der Waals surface area contributed by atoms with Crippen LogP contribution in [-0.4, -0.2) is 76.8 Å². The number of nitrogens with one attached hydrogen (secondary N) is 3. The molecule has 3 heterocycles. The van der Waals surface area contributed by atoms with Crippen LogP contribution in [0.4, 0.5) is 11.5 Å². The van der Waals surface area contributed by atoms with Gasteiger partial charge in [-0.05, 0) is 67.6 Å². The highest BCUT2D eigenvalue weighted by Crippen LogP contribution is 2.26. The predicted octanol–water partition coefficient (Wildman–Crippen LogP) is 3.90. The van der Waals surface area contributed by atoms with E-state index in [4.69, 9.17) is 0 Å². The van der Waals surface area contributed by atoms with Crippen molar-refractivity contribution >= 4 is 17.4 Å². The minimum atomic E-state index is -0.0448. The van der Waals surface area contributed by atoms with Gasteiger partial charge in [-0.1, -0.05) is 18.2 Å². The Morgan fingerprint density at radius 3 is 2.58 bits per heavy atom. The third-order valence-electron chi connectivity index (χ3n) is 6.71. The van der Waals surface area contributed by atoms with Crippen LogP contribution in [0.1, 0.15) is 15.9 Å². The Kier molecular flexibility index (Phi) is 7.16. The normalized spacial score (nSPS) is 14.6. The molecule has 36 heavy (non-hydrogen) atoms. The van der Waals surface area contributed by atoms with Gasteiger partial charge in [0.1, 0.15) is 5.82 Å². The highest BCUT2D eigenvalue weighted by molar-refractivity contribution is 5.95. The number of anilines is 2. The molecule has 0 saturated carbocycles. The Hall–Kier alpha value is -3.88. The van der Waals surface area contributed by atoms with E-state index in [1.54, 1.807) is 6.20 Å². The molecule has 0 atom stereocenters. The number of aromatic amines is 1. The van der Waals surface area contributed by atoms with Gasteiger partial charge in [0.25, 0.3) is 5.91 Å². The molecule has 1 saturated heterocycles. The number of amides is 1. The molecule has 186 valence electrons. The number of H-pyrrole nitrogens is 1. The number of carbonyl (C=O) groups excluding carboxylic acids is 1. The lowest BCUT2D eigenvalue weighted by Crippen LogP contribution is -2.46. The van der Waals surface area contributed by atoms with Crippen molar-refractivity contribution in [3.05, 3.63) is 84.2 Å². The molecule has 3 N–H and O–H groups in total. The van der Waals surface area contributed by atoms with Crippen LogP contribution in [-0.2, 0) is 0 Å². The van der Waals surface area contributed by atoms with Gasteiger partial charge in [0.05, 0.1) is 5.69 Å². The molecule has 8 heteroatoms. The van der Waals surface area contributed by atoms with Gasteiger partial charge in [-0.3, -0.25) is 9.69 Å². The van der Waals surface area contributed by atoms with E-state index in [1.807, 2.05) is 60.3 Å². The molecule has 1 aliphatic rings. The van der Waals surface area contributed by atoms with Crippen LogP contribution in [0.25, 0.3) is 16.9 Å². The zero-order chi connectivity index (χ0) is 24.9. The van der Waals surface area contributed by atoms with Crippen molar-refractivity contribution in [1.29, 1.82) is 0 Å². The van der Waals surface area contributed by atoms with Gasteiger partial charge in [0.2, 0.25) is 0 Å². The maximum Gasteiger partial charge on any atom is 0.251 e. The summed E-state index contributed by atoms with van der Waals surface area (Å²) in [6, 6.07) is 20.0. The Labute approximate surface area is 211 Å². The van der Waals surface area contributed by atoms with E-state index in [9.17, 15) is 4.79 Å². The molecular formula is C28H33N7O. The van der Waals surface area contributed by atoms with Gasteiger partial charge in [0, 0.05) is 68.6 Å². The molecule has 2 aromatic heterocycles. The van der Waals surface area contributed by atoms with Crippen LogP contribution in [0, 0.1) is 6.92 Å². The van der Waals surface area contributed by atoms with Gasteiger partial charge in [-0.2, -0.15) is 5.10 Å². The van der Waals surface area contributed by atoms with Gasteiger partial charge < -0.3 is 20.5 Å². The summed E-state index contributed by atoms with van der Waals surface area (Å²) in [5, 5.41) is 10.8. The average Bonchev–Trinajstić information content (AvgIpc) is 3.59. The fourth-order valence-corrected chi connectivity index (χ4v) is 4.40. The van der Waals surface area contributed by atoms with E-state index in [2.05, 4.69) is 55.8 Å². The monoisotopic (exact) mass is 483 g/mol. The SMILES string of the molecule is Cc1ccc(C(=O)NCCN2CCN(C)CC2)cc1Nc1ccc(-c2ccc(-n3cccn3)cc2)[nH]1. The third kappa shape index (κ3) is 5.67. The van der Waals surface area contributed by atoms with Crippen molar-refractivity contribution in [2.75, 3.05) is 51.6 Å². The number of aromatic nitrogens is 3. The molecule has 0 aliphatic carbocycles. The number of hydrogen-bond acceptors (Lipinski definition) is 5. The lowest BCUT2D eigenvalue weighted by atomic mass is 10.1. The first kappa shape index (κ1) is 23.8. The molecule has 0 radical (unpaired) electrons. The summed E-state index contributed by atoms with van der Waals surface area (Å²) >= 11 is 0. The second-order valence-corrected chi connectivity index (χ2v) is 9.34. The molecule has 1 amide bonds. The van der Waals surface area contributed by atoms with Crippen LogP contribution < -0.4 is 10.6 Å². The second kappa shape index (κ2) is 10.8. The lowest BCUT2D eigenvalue weighted by molar-refractivity contribution is 0.0941. The quantitative estimate of drug-likeness (QED) is 0.354. The minimum Gasteiger partial charge on any atom is -0.351 e. The Balaban J connectivity index is 1.20. The first-order valence-corrected chi connectivity index (χ1v) is 12.4. The van der Waals surface area contributed by atoms with Gasteiger partial charge in [0.15, 0.2) is 0 Å². The first-order chi connectivity index (χ1) is 17.5. The predicted molar refractivity (Wildman–Crippen MR) is 144 cm³/mol. The summed E-state index contributed by atoms with van der Waals surface area (Å²) in [6.07, 6.45) is 3.70. The molecule has 8 nitrogen and oxygen atoms in total. The fraction of sp³-hybridized carbons (Fsp3) is 0.286. The highest BCUT2D eigenvalue weighted by atomic mass is 16.1. The van der Waals surface area contributed by atoms with Gasteiger partial charge >= 0.3 is 0 Å². The Bertz CT molecular complexity index is 1290. The molecule has 4 aromatic rings. The average molecular weight is 484 g/mol. The summed E-state index contributed by atoms with van der Waals surface area (Å²) in [5.41, 5.74) is 5.75. The Morgan fingerprint density at radius 1 is 1.03 bits per heavy atom. The van der Waals surface area contributed by atoms with Crippen molar-refractivity contribution in [2.45, 2.75) is 6.92 Å². The minimum absolute atomic E-state index is 0.0448. The number of benzene rings is 2. The topological polar surface area (TPSA) is 81.2 Å². The largest absolute Gasteiger partial charge is 0.351 e. The van der Waals surface area contributed by atoms with Gasteiger partial charge in [-0.15, -0.1) is 0 Å². The number of piperazine rings is 1. The van der Waals surface area contributed by atoms with Crippen molar-refractivity contribution in [1.82, 2.24) is 29.9 Å². The first-order valence-electron chi connectivity index (χ1n) is 12.4. The summed E-state index contributed by atoms with van der Waals surface area (Å²) in [4.78, 5) is 20.9. The Morgan fingerprint density at radius 2 is 1.83 bits per heavy atom. The van der Waals surface area contributed by atoms with E-state index >= 15 is 0 Å². The maximum absolute atomic E-state index is 12.8. The van der Waals surface area contributed by atoms with Crippen LogP contribution in [0.5, 0.6) is 0 Å². The zero-order valence-corrected chi connectivity index (χ0v) is 20.9. The van der Waals surface area contributed by atoms with Crippen LogP contribution >= 0.6 is 0 Å². The molecule has 1 fully saturated rings. The number of aryl methyl sites for hydroxylation is 1. The molecule has 0 bridgehead atoms. The van der Waals surface area contributed by atoms with Gasteiger partial charge in [-0.25, -0.2) is 4.68 Å². The smallest absolute Gasteiger partial charge is 0.251 e. The zero-order valence-electron chi connectivity index (χ0n) is 20.9. The maximum atomic E-state index is 12.8. The summed E-state index contributed by atoms with van der Waals surface area (Å²) in [7, 11) is 2.15. The van der Waals surface area contributed by atoms with E-state index < -0.39 is 0 Å². The molecule has 2 aromatic carbocycles. The number of likely N-dealkylation sites (N-methyl/N-ethyl adjacent to an activating group) is 1. The van der Waals surface area contributed by atoms with E-state index in [1.165, 1.54) is 0 Å². The van der Waals surface area contributed by atoms with Crippen molar-refractivity contribution in [3.8, 4) is 16.9 Å². The van der Waals surface area contributed by atoms with E-state index in [0.717, 1.165) is 66.7 Å². The summed E-state index contributed by atoms with van der Waals surface area (Å²) in [6.45, 7) is 7.84. The number of nitrogens with zero attached hydrogens (tertiary/aromatic N) is 4. The second-order valence-electron chi connectivity index (χ2n) is 9.34. The summed E-state index contributed by atoms with van der Waals surface area (Å²) in [5.74, 6) is 0.827. The number of rotatable bonds is 8. The van der Waals surface area contributed by atoms with E-state index in [0.29, 0.717) is 12.1 Å². The standard InChI is InChI=1S/C28H33N7O/c1-21-4-5-23(28(36)29-13-15-34-18-16-33(2)17-19-34)20-26(21)32-27-11-10-25(31-27)22-6-8-24(9-7-22)35-14-3-12-30-35/h3-12,14,20,31-32H,13,15-19H2,1-2H3,(H,29,36). The lowest BCUT2D eigenvalue weighted by Gasteiger charge is -2.32. The third-order valence-corrected chi connectivity index (χ3v) is 6.71. The van der Waals surface area contributed by atoms with Crippen molar-refractivity contribution in [2.24, 2.45) is 0 Å². The fourth-order valence-electron chi connectivity index (χ4n) is 4.40. The van der Waals surface area contributed by atoms with Crippen LogP contribution in [0.2, 0.25) is 0 Å². The molecule has 0 unspecified atom stereocenters. The molecule has 0 spiro atoms. The van der Waals surface area contributed by atoms with Crippen molar-refractivity contribution < 1.29 is 4.79 Å². The highest BCUT2D eigenvalue weighted by Gasteiger charge is 2.14. The number of hydrogen-bond donors (Lipinski definition) is 3. The van der Waals surface area contributed by atoms with Crippen LogP contribution in [0.15, 0.2) is 73.1 Å². The molecule has 5 rings (SSSR count). The molecule has 1 aliphatic heterocycles. The van der Waals surface area contributed by atoms with Crippen molar-refractivity contribution in [3.63, 3.8) is 0 Å². The summed E-state index contributed by atoms with van der Waals surface area (Å²) < 4.78 is 1.84. The van der Waals surface area contributed by atoms with E-state index in [-0.39, 0.29) is 5.91 Å². The van der Waals surface area contributed by atoms with Crippen LogP contribution in [0.3, 0.4) is 0 Å². The molecular weight excluding hydrogens is 450 g/mol.